The molecule has 0 bridgehead atoms. The minimum Gasteiger partial charge on any atom is -0.383 e. The molecule has 3 aromatic heterocycles. The molecule has 1 fully saturated rings. The minimum absolute atomic E-state index is 0.0240. The number of carbonyl (C=O) groups is 1. The van der Waals surface area contributed by atoms with Crippen molar-refractivity contribution < 1.29 is 9.32 Å². The fourth-order valence-electron chi connectivity index (χ4n) is 4.15. The van der Waals surface area contributed by atoms with E-state index in [4.69, 9.17) is 15.4 Å². The summed E-state index contributed by atoms with van der Waals surface area (Å²) >= 11 is 0. The first-order chi connectivity index (χ1) is 16.1. The number of amides is 1. The fourth-order valence-corrected chi connectivity index (χ4v) is 4.15. The van der Waals surface area contributed by atoms with E-state index >= 15 is 0 Å². The van der Waals surface area contributed by atoms with Gasteiger partial charge in [-0.05, 0) is 25.0 Å². The van der Waals surface area contributed by atoms with Crippen LogP contribution < -0.4 is 5.73 Å². The highest BCUT2D eigenvalue weighted by atomic mass is 16.5. The van der Waals surface area contributed by atoms with Crippen molar-refractivity contribution in [2.45, 2.75) is 18.9 Å². The number of fused-ring (bicyclic) bond motifs is 1. The van der Waals surface area contributed by atoms with Crippen LogP contribution in [0.3, 0.4) is 0 Å². The molecular formula is C23H22N8O2. The normalized spacial score (nSPS) is 16.1. The van der Waals surface area contributed by atoms with Crippen LogP contribution in [0.2, 0.25) is 0 Å². The summed E-state index contributed by atoms with van der Waals surface area (Å²) < 4.78 is 6.97. The molecular weight excluding hydrogens is 420 g/mol. The molecule has 1 aromatic carbocycles. The van der Waals surface area contributed by atoms with Gasteiger partial charge in [-0.1, -0.05) is 42.6 Å². The first-order valence-electron chi connectivity index (χ1n) is 10.6. The number of benzene rings is 1. The van der Waals surface area contributed by atoms with Crippen LogP contribution in [0.15, 0.2) is 54.3 Å². The maximum absolute atomic E-state index is 12.2. The van der Waals surface area contributed by atoms with Gasteiger partial charge in [0.05, 0.1) is 11.4 Å². The molecule has 10 heteroatoms. The number of rotatable bonds is 5. The summed E-state index contributed by atoms with van der Waals surface area (Å²) in [6.45, 7) is 8.47. The summed E-state index contributed by atoms with van der Waals surface area (Å²) in [4.78, 5) is 26.9. The molecule has 166 valence electrons. The van der Waals surface area contributed by atoms with Gasteiger partial charge < -0.3 is 15.2 Å². The van der Waals surface area contributed by atoms with E-state index in [9.17, 15) is 4.79 Å². The number of nitrogens with two attached hydrogens (primary N) is 1. The third kappa shape index (κ3) is 3.65. The number of likely N-dealkylation sites (tertiary alicyclic amines) is 1. The van der Waals surface area contributed by atoms with Gasteiger partial charge in [0.25, 0.3) is 0 Å². The molecule has 4 aromatic rings. The summed E-state index contributed by atoms with van der Waals surface area (Å²) in [5.41, 5.74) is 9.23. The third-order valence-corrected chi connectivity index (χ3v) is 5.78. The average molecular weight is 442 g/mol. The number of anilines is 1. The van der Waals surface area contributed by atoms with Crippen molar-refractivity contribution >= 4 is 28.8 Å². The molecule has 4 heterocycles. The SMILES string of the molecule is C=CC(=O)N1CCC[C@@H](n2nc(-c3ccc(-c4noc(C=C)n4)cc3)c3c(N)ncnc32)C1. The maximum atomic E-state index is 12.2. The lowest BCUT2D eigenvalue weighted by Gasteiger charge is -2.32. The largest absolute Gasteiger partial charge is 0.383 e. The summed E-state index contributed by atoms with van der Waals surface area (Å²) in [5, 5.41) is 9.54. The highest BCUT2D eigenvalue weighted by Crippen LogP contribution is 2.34. The molecule has 0 spiro atoms. The maximum Gasteiger partial charge on any atom is 0.250 e. The van der Waals surface area contributed by atoms with Crippen LogP contribution in [0.1, 0.15) is 24.8 Å². The quantitative estimate of drug-likeness (QED) is 0.467. The second-order valence-electron chi connectivity index (χ2n) is 7.77. The predicted octanol–water partition coefficient (Wildman–Crippen LogP) is 3.12. The second-order valence-corrected chi connectivity index (χ2v) is 7.77. The van der Waals surface area contributed by atoms with Crippen molar-refractivity contribution in [3.63, 3.8) is 0 Å². The number of carbonyl (C=O) groups excluding carboxylic acids is 1. The smallest absolute Gasteiger partial charge is 0.250 e. The first kappa shape index (κ1) is 20.6. The Bertz CT molecular complexity index is 1350. The molecule has 1 atom stereocenters. The van der Waals surface area contributed by atoms with Gasteiger partial charge in [-0.3, -0.25) is 4.79 Å². The lowest BCUT2D eigenvalue weighted by atomic mass is 10.1. The molecule has 2 N–H and O–H groups in total. The molecule has 1 aliphatic heterocycles. The number of hydrogen-bond donors (Lipinski definition) is 1. The van der Waals surface area contributed by atoms with Gasteiger partial charge in [0, 0.05) is 24.2 Å². The highest BCUT2D eigenvalue weighted by molar-refractivity contribution is 5.98. The molecule has 0 unspecified atom stereocenters. The molecule has 1 saturated heterocycles. The van der Waals surface area contributed by atoms with Crippen molar-refractivity contribution in [3.8, 4) is 22.6 Å². The highest BCUT2D eigenvalue weighted by Gasteiger charge is 2.28. The number of nitrogen functional groups attached to an aromatic ring is 1. The Morgan fingerprint density at radius 1 is 1.18 bits per heavy atom. The van der Waals surface area contributed by atoms with E-state index in [0.717, 1.165) is 24.0 Å². The van der Waals surface area contributed by atoms with E-state index in [1.54, 1.807) is 4.90 Å². The first-order valence-corrected chi connectivity index (χ1v) is 10.6. The van der Waals surface area contributed by atoms with Gasteiger partial charge in [0.2, 0.25) is 17.6 Å². The predicted molar refractivity (Wildman–Crippen MR) is 124 cm³/mol. The molecule has 1 aliphatic rings. The Hall–Kier alpha value is -4.34. The van der Waals surface area contributed by atoms with Crippen LogP contribution in [0.25, 0.3) is 39.8 Å². The number of piperidine rings is 1. The zero-order valence-corrected chi connectivity index (χ0v) is 17.9. The molecule has 1 amide bonds. The number of aromatic nitrogens is 6. The molecule has 0 aliphatic carbocycles. The Balaban J connectivity index is 1.54. The van der Waals surface area contributed by atoms with Gasteiger partial charge in [-0.15, -0.1) is 0 Å². The van der Waals surface area contributed by atoms with Crippen LogP contribution in [-0.2, 0) is 4.79 Å². The minimum atomic E-state index is -0.0813. The summed E-state index contributed by atoms with van der Waals surface area (Å²) in [6, 6.07) is 7.61. The Labute approximate surface area is 189 Å². The van der Waals surface area contributed by atoms with Gasteiger partial charge in [0.1, 0.15) is 17.8 Å². The molecule has 5 rings (SSSR count). The van der Waals surface area contributed by atoms with E-state index < -0.39 is 0 Å². The van der Waals surface area contributed by atoms with E-state index in [2.05, 4.69) is 33.3 Å². The fraction of sp³-hybridized carbons (Fsp3) is 0.217. The zero-order valence-electron chi connectivity index (χ0n) is 17.9. The monoisotopic (exact) mass is 442 g/mol. The lowest BCUT2D eigenvalue weighted by Crippen LogP contribution is -2.40. The van der Waals surface area contributed by atoms with Gasteiger partial charge in [-0.25, -0.2) is 14.6 Å². The topological polar surface area (TPSA) is 129 Å². The van der Waals surface area contributed by atoms with Gasteiger partial charge in [0.15, 0.2) is 5.65 Å². The van der Waals surface area contributed by atoms with Crippen LogP contribution in [0, 0.1) is 0 Å². The molecule has 33 heavy (non-hydrogen) atoms. The average Bonchev–Trinajstić information content (AvgIpc) is 3.50. The lowest BCUT2D eigenvalue weighted by molar-refractivity contribution is -0.127. The zero-order chi connectivity index (χ0) is 22.9. The van der Waals surface area contributed by atoms with Crippen LogP contribution >= 0.6 is 0 Å². The van der Waals surface area contributed by atoms with E-state index in [-0.39, 0.29) is 11.9 Å². The van der Waals surface area contributed by atoms with Crippen LogP contribution in [-0.4, -0.2) is 53.8 Å². The molecule has 0 saturated carbocycles. The van der Waals surface area contributed by atoms with Crippen molar-refractivity contribution in [1.29, 1.82) is 0 Å². The van der Waals surface area contributed by atoms with Crippen molar-refractivity contribution in [3.05, 3.63) is 55.7 Å². The van der Waals surface area contributed by atoms with E-state index in [1.807, 2.05) is 28.9 Å². The Morgan fingerprint density at radius 2 is 1.97 bits per heavy atom. The van der Waals surface area contributed by atoms with E-state index in [0.29, 0.717) is 47.3 Å². The summed E-state index contributed by atoms with van der Waals surface area (Å²) in [6.07, 6.45) is 6.03. The van der Waals surface area contributed by atoms with Gasteiger partial charge >= 0.3 is 0 Å². The summed E-state index contributed by atoms with van der Waals surface area (Å²) in [7, 11) is 0. The van der Waals surface area contributed by atoms with Crippen molar-refractivity contribution in [2.75, 3.05) is 18.8 Å². The second kappa shape index (κ2) is 8.30. The van der Waals surface area contributed by atoms with Crippen LogP contribution in [0.4, 0.5) is 5.82 Å². The summed E-state index contributed by atoms with van der Waals surface area (Å²) in [5.74, 6) is 1.11. The van der Waals surface area contributed by atoms with Crippen LogP contribution in [0.5, 0.6) is 0 Å². The number of hydrogen-bond acceptors (Lipinski definition) is 8. The standard InChI is InChI=1S/C23H22N8O2/c1-3-17-27-22(29-33-17)15-9-7-14(8-10-15)20-19-21(24)25-13-26-23(19)31(28-20)16-6-5-11-30(12-16)18(32)4-2/h3-4,7-10,13,16H,1-2,5-6,11-12H2,(H2,24,25,26)/t16-/m1/s1. The van der Waals surface area contributed by atoms with E-state index in [1.165, 1.54) is 18.5 Å². The molecule has 0 radical (unpaired) electrons. The number of nitrogens with zero attached hydrogens (tertiary/aromatic N) is 7. The van der Waals surface area contributed by atoms with Crippen molar-refractivity contribution in [2.24, 2.45) is 0 Å². The third-order valence-electron chi connectivity index (χ3n) is 5.78. The van der Waals surface area contributed by atoms with Gasteiger partial charge in [-0.2, -0.15) is 10.1 Å². The van der Waals surface area contributed by atoms with Crippen molar-refractivity contribution in [1.82, 2.24) is 34.8 Å². The Kier molecular flexibility index (Phi) is 5.17. The molecule has 10 nitrogen and oxygen atoms in total. The Morgan fingerprint density at radius 3 is 2.70 bits per heavy atom.